The van der Waals surface area contributed by atoms with Crippen LogP contribution in [0.15, 0.2) is 0 Å². The Morgan fingerprint density at radius 1 is 1.24 bits per heavy atom. The normalized spacial score (nSPS) is 43.0. The summed E-state index contributed by atoms with van der Waals surface area (Å²) in [5.41, 5.74) is -1.62. The zero-order valence-electron chi connectivity index (χ0n) is 12.9. The summed E-state index contributed by atoms with van der Waals surface area (Å²) < 4.78 is 6.32. The second kappa shape index (κ2) is 5.38. The molecule has 3 rings (SSSR count). The lowest BCUT2D eigenvalue weighted by molar-refractivity contribution is -0.199. The van der Waals surface area contributed by atoms with Crippen LogP contribution in [-0.4, -0.2) is 28.6 Å². The van der Waals surface area contributed by atoms with Crippen LogP contribution in [0.3, 0.4) is 0 Å². The predicted molar refractivity (Wildman–Crippen MR) is 78.0 cm³/mol. The Labute approximate surface area is 126 Å². The summed E-state index contributed by atoms with van der Waals surface area (Å²) in [6.07, 6.45) is 8.30. The first-order chi connectivity index (χ1) is 10.1. The number of hydrogen-bond donors (Lipinski definition) is 1. The largest absolute Gasteiger partial charge is 0.480 e. The molecule has 4 bridgehead atoms. The Balaban J connectivity index is 2.05. The second-order valence-electron chi connectivity index (χ2n) is 7.11. The number of fused-ring (bicyclic) bond motifs is 6. The molecular weight excluding hydrogens is 268 g/mol. The predicted octanol–water partition coefficient (Wildman–Crippen LogP) is 3.33. The van der Waals surface area contributed by atoms with Crippen LogP contribution in [0.4, 0.5) is 0 Å². The number of carboxylic acid groups (broad SMARTS) is 1. The van der Waals surface area contributed by atoms with E-state index in [4.69, 9.17) is 4.74 Å². The van der Waals surface area contributed by atoms with Gasteiger partial charge in [0.15, 0.2) is 11.2 Å². The van der Waals surface area contributed by atoms with Gasteiger partial charge in [0.05, 0.1) is 11.7 Å². The molecule has 2 aliphatic heterocycles. The molecule has 4 nitrogen and oxygen atoms in total. The fourth-order valence-corrected chi connectivity index (χ4v) is 5.00. The molecule has 3 aliphatic rings. The van der Waals surface area contributed by atoms with Gasteiger partial charge in [-0.05, 0) is 32.1 Å². The Morgan fingerprint density at radius 2 is 2.00 bits per heavy atom. The van der Waals surface area contributed by atoms with Crippen molar-refractivity contribution >= 4 is 11.8 Å². The van der Waals surface area contributed by atoms with Crippen molar-refractivity contribution in [3.05, 3.63) is 0 Å². The smallest absolute Gasteiger partial charge is 0.319 e. The van der Waals surface area contributed by atoms with Crippen molar-refractivity contribution in [2.24, 2.45) is 11.3 Å². The highest BCUT2D eigenvalue weighted by Crippen LogP contribution is 2.56. The maximum atomic E-state index is 13.2. The van der Waals surface area contributed by atoms with Gasteiger partial charge in [0, 0.05) is 5.92 Å². The first-order valence-electron chi connectivity index (χ1n) is 8.52. The summed E-state index contributed by atoms with van der Waals surface area (Å²) in [4.78, 5) is 25.2. The lowest BCUT2D eigenvalue weighted by atomic mass is 9.65. The molecule has 4 heteroatoms. The Morgan fingerprint density at radius 3 is 2.71 bits per heavy atom. The molecule has 0 aromatic rings. The Kier molecular flexibility index (Phi) is 3.85. The molecule has 0 amide bonds. The maximum absolute atomic E-state index is 13.2. The number of Topliss-reactive ketones (excluding diaryl/α,β-unsaturated/α-hetero) is 1. The average Bonchev–Trinajstić information content (AvgIpc) is 2.83. The molecule has 2 heterocycles. The van der Waals surface area contributed by atoms with Gasteiger partial charge in [-0.2, -0.15) is 0 Å². The number of carbonyl (C=O) groups is 2. The van der Waals surface area contributed by atoms with Crippen LogP contribution >= 0.6 is 0 Å². The van der Waals surface area contributed by atoms with Crippen molar-refractivity contribution < 1.29 is 19.4 Å². The summed E-state index contributed by atoms with van der Waals surface area (Å²) in [6, 6.07) is 0. The van der Waals surface area contributed by atoms with Crippen LogP contribution in [0.1, 0.15) is 71.1 Å². The summed E-state index contributed by atoms with van der Waals surface area (Å²) in [5, 5.41) is 9.85. The second-order valence-corrected chi connectivity index (χ2v) is 7.11. The molecule has 0 unspecified atom stereocenters. The number of carbonyl (C=O) groups excluding carboxylic acids is 1. The highest BCUT2D eigenvalue weighted by molar-refractivity contribution is 6.06. The Hall–Kier alpha value is -0.900. The molecule has 1 N–H and O–H groups in total. The van der Waals surface area contributed by atoms with Gasteiger partial charge in [0.25, 0.3) is 0 Å². The number of aliphatic carboxylic acids is 1. The van der Waals surface area contributed by atoms with Gasteiger partial charge >= 0.3 is 5.97 Å². The van der Waals surface area contributed by atoms with E-state index in [1.165, 1.54) is 0 Å². The minimum atomic E-state index is -1.26. The van der Waals surface area contributed by atoms with Crippen molar-refractivity contribution in [2.75, 3.05) is 0 Å². The van der Waals surface area contributed by atoms with Crippen molar-refractivity contribution in [3.63, 3.8) is 0 Å². The first kappa shape index (κ1) is 15.0. The fourth-order valence-electron chi connectivity index (χ4n) is 5.00. The molecule has 118 valence electrons. The highest BCUT2D eigenvalue weighted by atomic mass is 16.5. The molecule has 0 spiro atoms. The lowest BCUT2D eigenvalue weighted by Gasteiger charge is -2.47. The number of rotatable bonds is 3. The van der Waals surface area contributed by atoms with E-state index in [2.05, 4.69) is 6.92 Å². The van der Waals surface area contributed by atoms with E-state index in [0.717, 1.165) is 57.8 Å². The molecular formula is C17H26O4. The molecule has 4 atom stereocenters. The van der Waals surface area contributed by atoms with E-state index in [1.807, 2.05) is 0 Å². The van der Waals surface area contributed by atoms with Crippen molar-refractivity contribution in [1.29, 1.82) is 0 Å². The maximum Gasteiger partial charge on any atom is 0.319 e. The fraction of sp³-hybridized carbons (Fsp3) is 0.882. The van der Waals surface area contributed by atoms with E-state index < -0.39 is 17.5 Å². The topological polar surface area (TPSA) is 63.6 Å². The zero-order chi connectivity index (χ0) is 15.1. The van der Waals surface area contributed by atoms with Crippen LogP contribution in [-0.2, 0) is 14.3 Å². The molecule has 0 radical (unpaired) electrons. The standard InChI is InChI=1S/C17H26O4/c1-2-9-16-11-8-13(21-16)17(15(19)20)10-6-4-3-5-7-12(16)14(17)18/h12-13H,2-11H2,1H3,(H,19,20)/t12-,13+,16-,17-/m0/s1. The van der Waals surface area contributed by atoms with E-state index in [0.29, 0.717) is 6.42 Å². The minimum absolute atomic E-state index is 0.0147. The molecule has 0 aromatic carbocycles. The molecule has 0 aromatic heterocycles. The summed E-state index contributed by atoms with van der Waals surface area (Å²) in [5.74, 6) is -1.17. The van der Waals surface area contributed by atoms with Crippen LogP contribution in [0, 0.1) is 11.3 Å². The molecule has 3 fully saturated rings. The van der Waals surface area contributed by atoms with Gasteiger partial charge in [-0.3, -0.25) is 9.59 Å². The first-order valence-corrected chi connectivity index (χ1v) is 8.52. The summed E-state index contributed by atoms with van der Waals surface area (Å²) in [6.45, 7) is 2.12. The van der Waals surface area contributed by atoms with Crippen LogP contribution < -0.4 is 0 Å². The number of ether oxygens (including phenoxy) is 1. The SMILES string of the molecule is CCC[C@@]12CC[C@@H](O1)[C@@]1(C(=O)O)CCCCCC[C@H]2C1=O. The van der Waals surface area contributed by atoms with Crippen LogP contribution in [0.5, 0.6) is 0 Å². The van der Waals surface area contributed by atoms with E-state index in [9.17, 15) is 14.7 Å². The minimum Gasteiger partial charge on any atom is -0.480 e. The van der Waals surface area contributed by atoms with Crippen molar-refractivity contribution in [2.45, 2.75) is 82.8 Å². The Bertz CT molecular complexity index is 446. The summed E-state index contributed by atoms with van der Waals surface area (Å²) >= 11 is 0. The third-order valence-electron chi connectivity index (χ3n) is 6.02. The monoisotopic (exact) mass is 294 g/mol. The van der Waals surface area contributed by atoms with Gasteiger partial charge in [-0.25, -0.2) is 0 Å². The number of carboxylic acids is 1. The van der Waals surface area contributed by atoms with E-state index in [1.54, 1.807) is 0 Å². The zero-order valence-corrected chi connectivity index (χ0v) is 12.9. The molecule has 1 aliphatic carbocycles. The van der Waals surface area contributed by atoms with Crippen LogP contribution in [0.2, 0.25) is 0 Å². The van der Waals surface area contributed by atoms with E-state index in [-0.39, 0.29) is 17.3 Å². The molecule has 2 saturated heterocycles. The number of ketones is 1. The van der Waals surface area contributed by atoms with Crippen molar-refractivity contribution in [1.82, 2.24) is 0 Å². The van der Waals surface area contributed by atoms with Crippen molar-refractivity contribution in [3.8, 4) is 0 Å². The quantitative estimate of drug-likeness (QED) is 0.811. The highest BCUT2D eigenvalue weighted by Gasteiger charge is 2.67. The van der Waals surface area contributed by atoms with Gasteiger partial charge in [0.2, 0.25) is 0 Å². The van der Waals surface area contributed by atoms with Gasteiger partial charge in [0.1, 0.15) is 0 Å². The van der Waals surface area contributed by atoms with Gasteiger partial charge < -0.3 is 9.84 Å². The van der Waals surface area contributed by atoms with Gasteiger partial charge in [-0.15, -0.1) is 0 Å². The molecule has 21 heavy (non-hydrogen) atoms. The third-order valence-corrected chi connectivity index (χ3v) is 6.02. The van der Waals surface area contributed by atoms with Gasteiger partial charge in [-0.1, -0.05) is 39.0 Å². The number of hydrogen-bond acceptors (Lipinski definition) is 3. The third kappa shape index (κ3) is 2.06. The molecule has 1 saturated carbocycles. The average molecular weight is 294 g/mol. The van der Waals surface area contributed by atoms with E-state index >= 15 is 0 Å². The van der Waals surface area contributed by atoms with Crippen LogP contribution in [0.25, 0.3) is 0 Å². The summed E-state index contributed by atoms with van der Waals surface area (Å²) in [7, 11) is 0. The lowest BCUT2D eigenvalue weighted by Crippen LogP contribution is -2.60.